The van der Waals surface area contributed by atoms with Gasteiger partial charge >= 0.3 is 5.97 Å². The van der Waals surface area contributed by atoms with Crippen LogP contribution >= 0.6 is 79.0 Å². The number of aromatic nitrogens is 6. The summed E-state index contributed by atoms with van der Waals surface area (Å²) >= 11 is 24.9. The first-order valence-corrected chi connectivity index (χ1v) is 24.5. The second-order valence-electron chi connectivity index (χ2n) is 15.6. The van der Waals surface area contributed by atoms with Crippen molar-refractivity contribution in [2.75, 3.05) is 23.4 Å². The van der Waals surface area contributed by atoms with E-state index >= 15 is 0 Å². The standard InChI is InChI=1S/C17H14BrN3O2S.C15H12BrN3S.C9H10ClNO2.C7H8ClN/c18-16-19-20-17(24-9-15(22)23)21(16)14-6-2-4-12-11(10-7-8-10)3-1-5-13(12)14;16-14-17-18-15(20)19(14)13-6-2-4-11-10(9-7-8-9)3-1-5-12(11)13;1-6-2-3-8(7(10)4-6)11-9(13)5-12;1-5-2-3-7(9)6(8)4-5/h1-6,10H,7-9H2,(H,22,23);1-6,9H,7-8H2,(H,18,20);2-4,12H,5H2,1H3,(H,11,13);2-4H,9H2,1H3. The fourth-order valence-electron chi connectivity index (χ4n) is 7.23. The van der Waals surface area contributed by atoms with E-state index in [2.05, 4.69) is 118 Å². The SMILES string of the molecule is Cc1ccc(N)c(Cl)c1.Cc1ccc(NC(=O)CO)c(Cl)c1.O=C(O)CSc1nnc(Br)n1-c1cccc2c(C3CC3)cccc12.S=c1[nH]nc(Br)n1-c1cccc2c(C3CC3)cccc12. The van der Waals surface area contributed by atoms with Gasteiger partial charge in [-0.2, -0.15) is 0 Å². The minimum Gasteiger partial charge on any atom is -0.481 e. The largest absolute Gasteiger partial charge is 0.481 e. The number of benzene rings is 6. The second-order valence-corrected chi connectivity index (χ2v) is 19.2. The van der Waals surface area contributed by atoms with Crippen LogP contribution in [-0.2, 0) is 9.59 Å². The van der Waals surface area contributed by atoms with Crippen LogP contribution in [-0.4, -0.2) is 64.0 Å². The van der Waals surface area contributed by atoms with E-state index in [1.54, 1.807) is 18.2 Å². The molecule has 2 aliphatic rings. The van der Waals surface area contributed by atoms with E-state index in [-0.39, 0.29) is 5.75 Å². The van der Waals surface area contributed by atoms with Gasteiger partial charge in [-0.1, -0.05) is 108 Å². The number of hydrogen-bond donors (Lipinski definition) is 5. The van der Waals surface area contributed by atoms with E-state index in [1.165, 1.54) is 53.0 Å². The lowest BCUT2D eigenvalue weighted by Crippen LogP contribution is -2.15. The number of aryl methyl sites for hydroxylation is 2. The van der Waals surface area contributed by atoms with E-state index in [0.29, 0.717) is 46.7 Å². The zero-order chi connectivity index (χ0) is 47.1. The third-order valence-electron chi connectivity index (χ3n) is 10.6. The Bertz CT molecular complexity index is 3120. The lowest BCUT2D eigenvalue weighted by atomic mass is 10.00. The quantitative estimate of drug-likeness (QED) is 0.0531. The number of aliphatic hydroxyl groups excluding tert-OH is 1. The molecule has 0 unspecified atom stereocenters. The van der Waals surface area contributed by atoms with Gasteiger partial charge in [0.1, 0.15) is 6.61 Å². The van der Waals surface area contributed by atoms with Crippen LogP contribution in [0.15, 0.2) is 124 Å². The number of nitrogens with zero attached hydrogens (tertiary/aromatic N) is 5. The number of fused-ring (bicyclic) bond motifs is 2. The lowest BCUT2D eigenvalue weighted by molar-refractivity contribution is -0.133. The number of carbonyl (C=O) groups excluding carboxylic acids is 1. The number of carboxylic acids is 1. The molecule has 0 saturated heterocycles. The van der Waals surface area contributed by atoms with Crippen LogP contribution < -0.4 is 11.1 Å². The first-order valence-electron chi connectivity index (χ1n) is 20.7. The lowest BCUT2D eigenvalue weighted by Gasteiger charge is -2.13. The number of H-pyrrole nitrogens is 1. The van der Waals surface area contributed by atoms with Gasteiger partial charge in [-0.15, -0.1) is 15.3 Å². The Morgan fingerprint density at radius 3 is 1.79 bits per heavy atom. The van der Waals surface area contributed by atoms with Crippen molar-refractivity contribution in [2.45, 2.75) is 56.5 Å². The van der Waals surface area contributed by atoms with Gasteiger partial charge in [-0.3, -0.25) is 23.8 Å². The molecule has 1 amide bonds. The van der Waals surface area contributed by atoms with Crippen LogP contribution in [0.5, 0.6) is 0 Å². The Kier molecular flexibility index (Phi) is 16.4. The maximum atomic E-state index is 10.9. The number of nitrogen functional groups attached to an aromatic ring is 1. The van der Waals surface area contributed by atoms with Crippen molar-refractivity contribution in [3.05, 3.63) is 156 Å². The molecule has 2 heterocycles. The number of hydrogen-bond acceptors (Lipinski definition) is 9. The summed E-state index contributed by atoms with van der Waals surface area (Å²) in [4.78, 5) is 21.7. The molecule has 18 heteroatoms. The minimum absolute atomic E-state index is 0.0524. The highest BCUT2D eigenvalue weighted by molar-refractivity contribution is 9.10. The average molecular weight is 1090 g/mol. The van der Waals surface area contributed by atoms with Crippen LogP contribution in [0, 0.1) is 18.6 Å². The third kappa shape index (κ3) is 12.1. The monoisotopic (exact) mass is 1090 g/mol. The predicted molar refractivity (Wildman–Crippen MR) is 275 cm³/mol. The highest BCUT2D eigenvalue weighted by atomic mass is 79.9. The zero-order valence-corrected chi connectivity index (χ0v) is 42.0. The maximum absolute atomic E-state index is 10.9. The van der Waals surface area contributed by atoms with E-state index < -0.39 is 18.5 Å². The number of aromatic amines is 1. The molecule has 2 fully saturated rings. The van der Waals surface area contributed by atoms with Gasteiger partial charge in [-0.05, 0) is 165 Å². The molecule has 12 nitrogen and oxygen atoms in total. The molecular formula is C48H44Br2Cl2N8O4S2. The van der Waals surface area contributed by atoms with Crippen molar-refractivity contribution in [1.82, 2.24) is 29.5 Å². The number of aliphatic hydroxyl groups is 1. The van der Waals surface area contributed by atoms with Gasteiger partial charge in [0.2, 0.25) is 20.1 Å². The molecule has 0 atom stereocenters. The van der Waals surface area contributed by atoms with Crippen LogP contribution in [0.4, 0.5) is 11.4 Å². The third-order valence-corrected chi connectivity index (χ3v) is 13.5. The molecule has 2 saturated carbocycles. The number of carboxylic acid groups (broad SMARTS) is 1. The van der Waals surface area contributed by atoms with Crippen molar-refractivity contribution >= 4 is 124 Å². The minimum atomic E-state index is -0.875. The van der Waals surface area contributed by atoms with E-state index in [1.807, 2.05) is 53.3 Å². The molecule has 0 spiro atoms. The smallest absolute Gasteiger partial charge is 0.313 e. The Morgan fingerprint density at radius 1 is 0.773 bits per heavy atom. The number of halogens is 4. The summed E-state index contributed by atoms with van der Waals surface area (Å²) in [6.07, 6.45) is 5.11. The molecule has 2 aliphatic carbocycles. The second kappa shape index (κ2) is 22.2. The average Bonchev–Trinajstić information content (AvgIpc) is 4.25. The highest BCUT2D eigenvalue weighted by Gasteiger charge is 2.27. The van der Waals surface area contributed by atoms with Gasteiger partial charge in [0.05, 0.1) is 38.5 Å². The van der Waals surface area contributed by atoms with E-state index in [9.17, 15) is 9.59 Å². The molecule has 6 aromatic carbocycles. The Balaban J connectivity index is 0.000000139. The maximum Gasteiger partial charge on any atom is 0.313 e. The van der Waals surface area contributed by atoms with Crippen molar-refractivity contribution in [2.24, 2.45) is 0 Å². The topological polar surface area (TPSA) is 177 Å². The highest BCUT2D eigenvalue weighted by Crippen LogP contribution is 2.45. The number of nitrogens with two attached hydrogens (primary N) is 1. The number of anilines is 2. The summed E-state index contributed by atoms with van der Waals surface area (Å²) in [5, 5.41) is 41.6. The molecule has 8 aromatic rings. The van der Waals surface area contributed by atoms with Crippen LogP contribution in [0.1, 0.15) is 59.8 Å². The molecule has 0 bridgehead atoms. The summed E-state index contributed by atoms with van der Waals surface area (Å²) in [6.45, 7) is 3.35. The van der Waals surface area contributed by atoms with Gasteiger partial charge in [0.15, 0.2) is 5.16 Å². The molecule has 6 N–H and O–H groups in total. The number of carbonyl (C=O) groups is 2. The summed E-state index contributed by atoms with van der Waals surface area (Å²) < 4.78 is 5.66. The molecule has 340 valence electrons. The van der Waals surface area contributed by atoms with Crippen molar-refractivity contribution in [3.63, 3.8) is 0 Å². The van der Waals surface area contributed by atoms with E-state index in [0.717, 1.165) is 45.6 Å². The molecule has 0 aliphatic heterocycles. The Hall–Kier alpha value is -5.07. The van der Waals surface area contributed by atoms with Gasteiger partial charge in [0, 0.05) is 10.8 Å². The van der Waals surface area contributed by atoms with Crippen LogP contribution in [0.3, 0.4) is 0 Å². The molecular weight excluding hydrogens is 1050 g/mol. The molecule has 0 radical (unpaired) electrons. The number of thioether (sulfide) groups is 1. The number of amides is 1. The van der Waals surface area contributed by atoms with Crippen LogP contribution in [0.2, 0.25) is 10.0 Å². The van der Waals surface area contributed by atoms with Gasteiger partial charge in [-0.25, -0.2) is 0 Å². The zero-order valence-electron chi connectivity index (χ0n) is 35.6. The fraction of sp³-hybridized carbons (Fsp3) is 0.208. The number of aliphatic carboxylic acids is 1. The van der Waals surface area contributed by atoms with Gasteiger partial charge in [0.25, 0.3) is 0 Å². The van der Waals surface area contributed by atoms with Gasteiger partial charge < -0.3 is 21.3 Å². The molecule has 10 rings (SSSR count). The fourth-order valence-corrected chi connectivity index (χ4v) is 9.77. The summed E-state index contributed by atoms with van der Waals surface area (Å²) in [5.41, 5.74) is 13.6. The molecule has 2 aromatic heterocycles. The first kappa shape index (κ1) is 48.9. The Labute approximate surface area is 417 Å². The number of nitrogens with one attached hydrogen (secondary N) is 2. The number of rotatable bonds is 9. The summed E-state index contributed by atoms with van der Waals surface area (Å²) in [6, 6.07) is 36.3. The van der Waals surface area contributed by atoms with E-state index in [4.69, 9.17) is 51.4 Å². The normalized spacial score (nSPS) is 12.9. The van der Waals surface area contributed by atoms with Crippen molar-refractivity contribution in [1.29, 1.82) is 0 Å². The summed E-state index contributed by atoms with van der Waals surface area (Å²) in [7, 11) is 0. The summed E-state index contributed by atoms with van der Waals surface area (Å²) in [5.74, 6) is -0.00214. The van der Waals surface area contributed by atoms with Crippen molar-refractivity contribution < 1.29 is 19.8 Å². The first-order chi connectivity index (χ1) is 31.7. The predicted octanol–water partition coefficient (Wildman–Crippen LogP) is 12.8. The van der Waals surface area contributed by atoms with Crippen molar-refractivity contribution in [3.8, 4) is 11.4 Å². The Morgan fingerprint density at radius 2 is 1.30 bits per heavy atom. The molecule has 66 heavy (non-hydrogen) atoms. The van der Waals surface area contributed by atoms with Crippen LogP contribution in [0.25, 0.3) is 32.9 Å².